The lowest BCUT2D eigenvalue weighted by molar-refractivity contribution is -0.181. The van der Waals surface area contributed by atoms with Gasteiger partial charge in [-0.1, -0.05) is 42.5 Å². The van der Waals surface area contributed by atoms with Crippen LogP contribution >= 0.6 is 0 Å². The molecule has 0 aromatic heterocycles. The first-order chi connectivity index (χ1) is 11.3. The molecule has 5 heteroatoms. The Labute approximate surface area is 135 Å². The number of hydrogen-bond donors (Lipinski definition) is 0. The number of hydrogen-bond acceptors (Lipinski definition) is 4. The zero-order valence-electron chi connectivity index (χ0n) is 13.0. The van der Waals surface area contributed by atoms with Gasteiger partial charge in [-0.15, -0.1) is 0 Å². The highest BCUT2D eigenvalue weighted by molar-refractivity contribution is 5.75. The average molecular weight is 313 g/mol. The lowest BCUT2D eigenvalue weighted by atomic mass is 10.2. The van der Waals surface area contributed by atoms with E-state index in [2.05, 4.69) is 0 Å². The van der Waals surface area contributed by atoms with Crippen molar-refractivity contribution >= 4 is 5.91 Å². The predicted molar refractivity (Wildman–Crippen MR) is 85.0 cm³/mol. The molecule has 120 valence electrons. The van der Waals surface area contributed by atoms with E-state index in [1.165, 1.54) is 12.2 Å². The number of amides is 1. The number of rotatable bonds is 5. The Kier molecular flexibility index (Phi) is 4.78. The number of carbonyl (C=O) groups is 1. The lowest BCUT2D eigenvalue weighted by Crippen LogP contribution is -2.37. The zero-order chi connectivity index (χ0) is 16.1. The summed E-state index contributed by atoms with van der Waals surface area (Å²) in [6.45, 7) is 0.756. The third kappa shape index (κ3) is 3.81. The normalized spacial score (nSPS) is 16.0. The first-order valence-electron chi connectivity index (χ1n) is 7.53. The minimum absolute atomic E-state index is 0.135. The van der Waals surface area contributed by atoms with Crippen LogP contribution in [0.4, 0.5) is 0 Å². The maximum atomic E-state index is 12.4. The molecule has 0 fully saturated rings. The SMILES string of the molecule is CON(Cc1ccccc1)C(=O)CC1COc2ccccc2O1. The van der Waals surface area contributed by atoms with Gasteiger partial charge in [0.1, 0.15) is 12.7 Å². The van der Waals surface area contributed by atoms with Gasteiger partial charge in [-0.3, -0.25) is 9.63 Å². The van der Waals surface area contributed by atoms with Crippen molar-refractivity contribution in [3.8, 4) is 11.5 Å². The van der Waals surface area contributed by atoms with Gasteiger partial charge < -0.3 is 9.47 Å². The van der Waals surface area contributed by atoms with Gasteiger partial charge in [0.15, 0.2) is 11.5 Å². The van der Waals surface area contributed by atoms with E-state index >= 15 is 0 Å². The smallest absolute Gasteiger partial charge is 0.250 e. The van der Waals surface area contributed by atoms with Crippen LogP contribution in [0.1, 0.15) is 12.0 Å². The Bertz CT molecular complexity index is 659. The maximum absolute atomic E-state index is 12.4. The molecule has 1 heterocycles. The summed E-state index contributed by atoms with van der Waals surface area (Å²) in [6, 6.07) is 17.2. The third-order valence-electron chi connectivity index (χ3n) is 3.64. The Morgan fingerprint density at radius 1 is 1.13 bits per heavy atom. The van der Waals surface area contributed by atoms with Crippen molar-refractivity contribution in [3.05, 3.63) is 60.2 Å². The first-order valence-corrected chi connectivity index (χ1v) is 7.53. The number of hydroxylamine groups is 2. The van der Waals surface area contributed by atoms with E-state index in [-0.39, 0.29) is 18.4 Å². The topological polar surface area (TPSA) is 48.0 Å². The predicted octanol–water partition coefficient (Wildman–Crippen LogP) is 2.81. The van der Waals surface area contributed by atoms with Gasteiger partial charge >= 0.3 is 0 Å². The summed E-state index contributed by atoms with van der Waals surface area (Å²) in [7, 11) is 1.49. The van der Waals surface area contributed by atoms with E-state index in [4.69, 9.17) is 14.3 Å². The molecule has 5 nitrogen and oxygen atoms in total. The highest BCUT2D eigenvalue weighted by atomic mass is 16.7. The molecular formula is C18H19NO4. The number of ether oxygens (including phenoxy) is 2. The average Bonchev–Trinajstić information content (AvgIpc) is 2.60. The number of carbonyl (C=O) groups excluding carboxylic acids is 1. The summed E-state index contributed by atoms with van der Waals surface area (Å²) in [5, 5.41) is 1.35. The minimum Gasteiger partial charge on any atom is -0.486 e. The van der Waals surface area contributed by atoms with E-state index in [0.29, 0.717) is 24.7 Å². The summed E-state index contributed by atoms with van der Waals surface area (Å²) in [4.78, 5) is 17.6. The number of para-hydroxylation sites is 2. The molecule has 1 aliphatic heterocycles. The number of benzene rings is 2. The van der Waals surface area contributed by atoms with Crippen molar-refractivity contribution in [1.29, 1.82) is 0 Å². The van der Waals surface area contributed by atoms with Gasteiger partial charge in [0.25, 0.3) is 0 Å². The largest absolute Gasteiger partial charge is 0.486 e. The Hall–Kier alpha value is -2.53. The van der Waals surface area contributed by atoms with Gasteiger partial charge in [-0.2, -0.15) is 0 Å². The first kappa shape index (κ1) is 15.4. The fourth-order valence-corrected chi connectivity index (χ4v) is 2.46. The molecule has 1 atom stereocenters. The lowest BCUT2D eigenvalue weighted by Gasteiger charge is -2.28. The third-order valence-corrected chi connectivity index (χ3v) is 3.64. The molecule has 0 spiro atoms. The van der Waals surface area contributed by atoms with Crippen molar-refractivity contribution in [1.82, 2.24) is 5.06 Å². The highest BCUT2D eigenvalue weighted by Gasteiger charge is 2.26. The van der Waals surface area contributed by atoms with Crippen LogP contribution in [0.25, 0.3) is 0 Å². The van der Waals surface area contributed by atoms with Crippen LogP contribution in [0.5, 0.6) is 11.5 Å². The van der Waals surface area contributed by atoms with Crippen LogP contribution in [-0.4, -0.2) is 30.8 Å². The Balaban J connectivity index is 1.60. The molecule has 0 saturated heterocycles. The van der Waals surface area contributed by atoms with Crippen molar-refractivity contribution in [2.24, 2.45) is 0 Å². The molecule has 1 unspecified atom stereocenters. The molecule has 0 saturated carbocycles. The van der Waals surface area contributed by atoms with Gasteiger partial charge in [0, 0.05) is 0 Å². The summed E-state index contributed by atoms with van der Waals surface area (Å²) in [5.41, 5.74) is 1.01. The summed E-state index contributed by atoms with van der Waals surface area (Å²) in [5.74, 6) is 1.25. The second kappa shape index (κ2) is 7.15. The Morgan fingerprint density at radius 3 is 2.57 bits per heavy atom. The van der Waals surface area contributed by atoms with E-state index in [1.807, 2.05) is 54.6 Å². The molecule has 2 aromatic rings. The molecule has 2 aromatic carbocycles. The van der Waals surface area contributed by atoms with Crippen LogP contribution in [0, 0.1) is 0 Å². The fourth-order valence-electron chi connectivity index (χ4n) is 2.46. The standard InChI is InChI=1S/C18H19NO4/c1-21-19(12-14-7-3-2-4-8-14)18(20)11-15-13-22-16-9-5-6-10-17(16)23-15/h2-10,15H,11-13H2,1H3. The van der Waals surface area contributed by atoms with E-state index in [1.54, 1.807) is 0 Å². The summed E-state index contributed by atoms with van der Waals surface area (Å²) in [6.07, 6.45) is -0.111. The summed E-state index contributed by atoms with van der Waals surface area (Å²) < 4.78 is 11.5. The second-order valence-electron chi connectivity index (χ2n) is 5.30. The fraction of sp³-hybridized carbons (Fsp3) is 0.278. The highest BCUT2D eigenvalue weighted by Crippen LogP contribution is 2.31. The van der Waals surface area contributed by atoms with Crippen LogP contribution in [0.3, 0.4) is 0 Å². The second-order valence-corrected chi connectivity index (χ2v) is 5.30. The van der Waals surface area contributed by atoms with Gasteiger partial charge in [-0.25, -0.2) is 5.06 Å². The quantitative estimate of drug-likeness (QED) is 0.797. The van der Waals surface area contributed by atoms with Crippen molar-refractivity contribution in [2.45, 2.75) is 19.1 Å². The van der Waals surface area contributed by atoms with Gasteiger partial charge in [-0.05, 0) is 17.7 Å². The van der Waals surface area contributed by atoms with Crippen LogP contribution in [-0.2, 0) is 16.2 Å². The van der Waals surface area contributed by atoms with Crippen LogP contribution in [0.2, 0.25) is 0 Å². The van der Waals surface area contributed by atoms with Gasteiger partial charge in [0.05, 0.1) is 20.1 Å². The molecular weight excluding hydrogens is 294 g/mol. The molecule has 1 aliphatic rings. The molecule has 1 amide bonds. The van der Waals surface area contributed by atoms with E-state index < -0.39 is 0 Å². The number of nitrogens with zero attached hydrogens (tertiary/aromatic N) is 1. The van der Waals surface area contributed by atoms with Crippen LogP contribution in [0.15, 0.2) is 54.6 Å². The van der Waals surface area contributed by atoms with Crippen LogP contribution < -0.4 is 9.47 Å². The summed E-state index contributed by atoms with van der Waals surface area (Å²) >= 11 is 0. The molecule has 3 rings (SSSR count). The maximum Gasteiger partial charge on any atom is 0.250 e. The van der Waals surface area contributed by atoms with Crippen molar-refractivity contribution < 1.29 is 19.1 Å². The van der Waals surface area contributed by atoms with Gasteiger partial charge in [0.2, 0.25) is 5.91 Å². The van der Waals surface area contributed by atoms with Crippen molar-refractivity contribution in [2.75, 3.05) is 13.7 Å². The molecule has 0 bridgehead atoms. The molecule has 0 N–H and O–H groups in total. The van der Waals surface area contributed by atoms with E-state index in [9.17, 15) is 4.79 Å². The number of fused-ring (bicyclic) bond motifs is 1. The molecule has 23 heavy (non-hydrogen) atoms. The van der Waals surface area contributed by atoms with Crippen molar-refractivity contribution in [3.63, 3.8) is 0 Å². The minimum atomic E-state index is -0.314. The molecule has 0 radical (unpaired) electrons. The zero-order valence-corrected chi connectivity index (χ0v) is 13.0. The molecule has 0 aliphatic carbocycles. The monoisotopic (exact) mass is 313 g/mol. The Morgan fingerprint density at radius 2 is 1.83 bits per heavy atom. The van der Waals surface area contributed by atoms with E-state index in [0.717, 1.165) is 5.56 Å².